The zero-order valence-corrected chi connectivity index (χ0v) is 16.3. The van der Waals surface area contributed by atoms with E-state index in [1.54, 1.807) is 31.7 Å². The molecule has 2 rings (SSSR count). The topological polar surface area (TPSA) is 81.9 Å². The van der Waals surface area contributed by atoms with Gasteiger partial charge >= 0.3 is 0 Å². The van der Waals surface area contributed by atoms with Gasteiger partial charge in [0.2, 0.25) is 5.91 Å². The van der Waals surface area contributed by atoms with Crippen LogP contribution in [-0.2, 0) is 16.1 Å². The molecule has 27 heavy (non-hydrogen) atoms. The number of ether oxygens (including phenoxy) is 1. The van der Waals surface area contributed by atoms with Crippen LogP contribution >= 0.6 is 11.8 Å². The van der Waals surface area contributed by atoms with Gasteiger partial charge in [0.05, 0.1) is 18.9 Å². The highest BCUT2D eigenvalue weighted by molar-refractivity contribution is 7.99. The van der Waals surface area contributed by atoms with Crippen molar-refractivity contribution in [3.63, 3.8) is 0 Å². The second kappa shape index (κ2) is 11.1. The van der Waals surface area contributed by atoms with Crippen molar-refractivity contribution in [3.8, 4) is 11.4 Å². The fourth-order valence-corrected chi connectivity index (χ4v) is 3.03. The molecule has 7 nitrogen and oxygen atoms in total. The molecule has 2 aromatic rings. The SMILES string of the molecule is C=C/C=C(\C=C/C)NC(=O)CSc1nnc(-c2cccnc2)n1CCOC.[HH]. The van der Waals surface area contributed by atoms with E-state index in [1.165, 1.54) is 11.8 Å². The van der Waals surface area contributed by atoms with Crippen LogP contribution in [0.1, 0.15) is 8.35 Å². The number of methoxy groups -OCH3 is 1. The van der Waals surface area contributed by atoms with Gasteiger partial charge in [0.1, 0.15) is 0 Å². The Bertz CT molecular complexity index is 821. The van der Waals surface area contributed by atoms with Crippen LogP contribution in [0.15, 0.2) is 66.3 Å². The Morgan fingerprint density at radius 1 is 1.48 bits per heavy atom. The molecular formula is C19H25N5O2S. The summed E-state index contributed by atoms with van der Waals surface area (Å²) in [6.07, 6.45) is 10.5. The normalized spacial score (nSPS) is 11.7. The van der Waals surface area contributed by atoms with E-state index in [1.807, 2.05) is 35.8 Å². The fourth-order valence-electron chi connectivity index (χ4n) is 2.26. The molecule has 1 amide bonds. The Balaban J connectivity index is 0.00000392. The zero-order chi connectivity index (χ0) is 19.5. The van der Waals surface area contributed by atoms with Crippen LogP contribution in [0.25, 0.3) is 11.4 Å². The van der Waals surface area contributed by atoms with E-state index in [-0.39, 0.29) is 13.1 Å². The van der Waals surface area contributed by atoms with Gasteiger partial charge in [-0.3, -0.25) is 14.3 Å². The zero-order valence-electron chi connectivity index (χ0n) is 15.5. The molecule has 0 saturated carbocycles. The number of aromatic nitrogens is 4. The number of hydrogen-bond acceptors (Lipinski definition) is 6. The number of carbonyl (C=O) groups is 1. The van der Waals surface area contributed by atoms with Crippen molar-refractivity contribution in [1.82, 2.24) is 25.1 Å². The number of amides is 1. The molecule has 144 valence electrons. The summed E-state index contributed by atoms with van der Waals surface area (Å²) in [6, 6.07) is 3.77. The van der Waals surface area contributed by atoms with Crippen molar-refractivity contribution in [3.05, 3.63) is 61.1 Å². The van der Waals surface area contributed by atoms with E-state index >= 15 is 0 Å². The van der Waals surface area contributed by atoms with Gasteiger partial charge < -0.3 is 10.1 Å². The van der Waals surface area contributed by atoms with Crippen molar-refractivity contribution in [2.75, 3.05) is 19.5 Å². The monoisotopic (exact) mass is 387 g/mol. The Kier molecular flexibility index (Phi) is 8.47. The van der Waals surface area contributed by atoms with Crippen LogP contribution in [0.2, 0.25) is 0 Å². The van der Waals surface area contributed by atoms with Gasteiger partial charge in [0.15, 0.2) is 11.0 Å². The number of nitrogens with one attached hydrogen (secondary N) is 1. The van der Waals surface area contributed by atoms with Crippen LogP contribution in [-0.4, -0.2) is 45.1 Å². The molecule has 0 unspecified atom stereocenters. The van der Waals surface area contributed by atoms with Gasteiger partial charge in [-0.15, -0.1) is 10.2 Å². The van der Waals surface area contributed by atoms with E-state index in [2.05, 4.69) is 27.1 Å². The maximum absolute atomic E-state index is 12.2. The second-order valence-corrected chi connectivity index (χ2v) is 6.33. The number of hydrogen-bond donors (Lipinski definition) is 1. The second-order valence-electron chi connectivity index (χ2n) is 5.39. The highest BCUT2D eigenvalue weighted by Gasteiger charge is 2.15. The minimum Gasteiger partial charge on any atom is -0.383 e. The third-order valence-electron chi connectivity index (χ3n) is 3.42. The predicted octanol–water partition coefficient (Wildman–Crippen LogP) is 3.09. The van der Waals surface area contributed by atoms with Crippen LogP contribution in [0, 0.1) is 0 Å². The van der Waals surface area contributed by atoms with Gasteiger partial charge in [-0.1, -0.05) is 30.5 Å². The molecule has 2 aromatic heterocycles. The maximum Gasteiger partial charge on any atom is 0.234 e. The molecule has 0 aromatic carbocycles. The molecule has 0 aliphatic rings. The van der Waals surface area contributed by atoms with Gasteiger partial charge in [0, 0.05) is 32.2 Å². The summed E-state index contributed by atoms with van der Waals surface area (Å²) in [5.74, 6) is 0.782. The number of pyridine rings is 1. The highest BCUT2D eigenvalue weighted by Crippen LogP contribution is 2.23. The summed E-state index contributed by atoms with van der Waals surface area (Å²) in [7, 11) is 1.64. The Labute approximate surface area is 164 Å². The third kappa shape index (κ3) is 6.19. The summed E-state index contributed by atoms with van der Waals surface area (Å²) in [6.45, 7) is 6.63. The predicted molar refractivity (Wildman–Crippen MR) is 109 cm³/mol. The first-order valence-electron chi connectivity index (χ1n) is 8.40. The third-order valence-corrected chi connectivity index (χ3v) is 4.38. The minimum atomic E-state index is -0.129. The lowest BCUT2D eigenvalue weighted by Gasteiger charge is -2.10. The quantitative estimate of drug-likeness (QED) is 0.498. The lowest BCUT2D eigenvalue weighted by molar-refractivity contribution is -0.117. The van der Waals surface area contributed by atoms with Crippen molar-refractivity contribution in [1.29, 1.82) is 0 Å². The summed E-state index contributed by atoms with van der Waals surface area (Å²) in [5, 5.41) is 12.0. The first kappa shape index (κ1) is 20.6. The molecule has 0 fully saturated rings. The standard InChI is InChI=1S/C19H23N5O2S.H2/c1-4-7-16(8-5-2)21-17(25)14-27-19-23-22-18(24(19)11-12-26-3)15-9-6-10-20-13-15;/h4-10,13H,1,11-12,14H2,2-3H3,(H,21,25);1H/b8-5-,16-7+;. The van der Waals surface area contributed by atoms with E-state index in [0.29, 0.717) is 29.8 Å². The van der Waals surface area contributed by atoms with Crippen molar-refractivity contribution in [2.24, 2.45) is 0 Å². The van der Waals surface area contributed by atoms with Crippen LogP contribution in [0.4, 0.5) is 0 Å². The van der Waals surface area contributed by atoms with E-state index in [0.717, 1.165) is 5.56 Å². The maximum atomic E-state index is 12.2. The molecule has 0 atom stereocenters. The van der Waals surface area contributed by atoms with Gasteiger partial charge in [-0.2, -0.15) is 0 Å². The highest BCUT2D eigenvalue weighted by atomic mass is 32.2. The fraction of sp³-hybridized carbons (Fsp3) is 0.263. The minimum absolute atomic E-state index is 0. The van der Waals surface area contributed by atoms with Gasteiger partial charge in [-0.05, 0) is 31.2 Å². The van der Waals surface area contributed by atoms with Crippen LogP contribution < -0.4 is 5.32 Å². The number of rotatable bonds is 10. The average molecular weight is 388 g/mol. The summed E-state index contributed by atoms with van der Waals surface area (Å²) >= 11 is 1.32. The first-order valence-corrected chi connectivity index (χ1v) is 9.38. The Hall–Kier alpha value is -2.71. The molecule has 0 radical (unpaired) electrons. The number of thioether (sulfide) groups is 1. The van der Waals surface area contributed by atoms with E-state index < -0.39 is 0 Å². The summed E-state index contributed by atoms with van der Waals surface area (Å²) < 4.78 is 7.12. The number of allylic oxidation sites excluding steroid dienone is 4. The average Bonchev–Trinajstić information content (AvgIpc) is 3.08. The number of carbonyl (C=O) groups excluding carboxylic acids is 1. The first-order chi connectivity index (χ1) is 13.2. The van der Waals surface area contributed by atoms with Crippen molar-refractivity contribution < 1.29 is 11.0 Å². The Morgan fingerprint density at radius 2 is 2.33 bits per heavy atom. The van der Waals surface area contributed by atoms with Crippen molar-refractivity contribution in [2.45, 2.75) is 18.6 Å². The molecule has 0 bridgehead atoms. The van der Waals surface area contributed by atoms with Crippen LogP contribution in [0.5, 0.6) is 0 Å². The summed E-state index contributed by atoms with van der Waals surface area (Å²) in [5.41, 5.74) is 1.55. The number of nitrogens with zero attached hydrogens (tertiary/aromatic N) is 4. The molecule has 0 saturated heterocycles. The van der Waals surface area contributed by atoms with Gasteiger partial charge in [-0.25, -0.2) is 0 Å². The van der Waals surface area contributed by atoms with Crippen molar-refractivity contribution >= 4 is 17.7 Å². The lowest BCUT2D eigenvalue weighted by Crippen LogP contribution is -2.24. The molecule has 0 aliphatic heterocycles. The summed E-state index contributed by atoms with van der Waals surface area (Å²) in [4.78, 5) is 16.4. The van der Waals surface area contributed by atoms with Crippen LogP contribution in [0.3, 0.4) is 0 Å². The van der Waals surface area contributed by atoms with Gasteiger partial charge in [0.25, 0.3) is 0 Å². The molecule has 2 heterocycles. The largest absolute Gasteiger partial charge is 0.383 e. The molecule has 8 heteroatoms. The Morgan fingerprint density at radius 3 is 3.00 bits per heavy atom. The molecule has 1 N–H and O–H groups in total. The molecule has 0 aliphatic carbocycles. The van der Waals surface area contributed by atoms with E-state index in [9.17, 15) is 4.79 Å². The van der Waals surface area contributed by atoms with E-state index in [4.69, 9.17) is 4.74 Å². The molecule has 0 spiro atoms. The lowest BCUT2D eigenvalue weighted by atomic mass is 10.3. The smallest absolute Gasteiger partial charge is 0.234 e. The molecular weight excluding hydrogens is 362 g/mol.